The van der Waals surface area contributed by atoms with Crippen molar-refractivity contribution in [2.75, 3.05) is 18.1 Å². The zero-order valence-electron chi connectivity index (χ0n) is 18.2. The standard InChI is InChI=1S/C23H28N2O7/c1-4-12-25-17-8-7-9-18(30-19(6-3)24-15(5-2)14-26)16(17)13-23(22(25)29)31-20(27)10-11-21(28)32-23/h4,7-11,15,19,24,26H,1,5-6,12-14H2,2-3H3. The number of hydrogen-bond donors (Lipinski definition) is 2. The molecule has 1 amide bonds. The second-order valence-corrected chi connectivity index (χ2v) is 7.53. The van der Waals surface area contributed by atoms with Crippen molar-refractivity contribution in [3.63, 3.8) is 0 Å². The lowest BCUT2D eigenvalue weighted by molar-refractivity contribution is -0.219. The minimum Gasteiger partial charge on any atom is -0.475 e. The first-order valence-corrected chi connectivity index (χ1v) is 10.6. The molecule has 1 spiro atoms. The van der Waals surface area contributed by atoms with Gasteiger partial charge in [0.25, 0.3) is 0 Å². The average Bonchev–Trinajstić information content (AvgIpc) is 2.92. The van der Waals surface area contributed by atoms with Gasteiger partial charge in [-0.25, -0.2) is 9.59 Å². The molecule has 0 aliphatic carbocycles. The van der Waals surface area contributed by atoms with Crippen LogP contribution in [0.25, 0.3) is 0 Å². The van der Waals surface area contributed by atoms with Crippen molar-refractivity contribution in [2.24, 2.45) is 0 Å². The Labute approximate surface area is 186 Å². The first-order chi connectivity index (χ1) is 15.4. The van der Waals surface area contributed by atoms with E-state index in [0.29, 0.717) is 29.8 Å². The van der Waals surface area contributed by atoms with Crippen LogP contribution in [0.15, 0.2) is 43.0 Å². The van der Waals surface area contributed by atoms with Crippen molar-refractivity contribution in [1.29, 1.82) is 0 Å². The third-order valence-corrected chi connectivity index (χ3v) is 5.35. The number of esters is 2. The van der Waals surface area contributed by atoms with Gasteiger partial charge in [-0.3, -0.25) is 10.1 Å². The number of ether oxygens (including phenoxy) is 3. The second-order valence-electron chi connectivity index (χ2n) is 7.53. The minimum atomic E-state index is -2.14. The molecule has 2 unspecified atom stereocenters. The summed E-state index contributed by atoms with van der Waals surface area (Å²) in [6.45, 7) is 7.66. The van der Waals surface area contributed by atoms with Crippen LogP contribution in [0, 0.1) is 0 Å². The molecule has 0 radical (unpaired) electrons. The molecular weight excluding hydrogens is 416 g/mol. The van der Waals surface area contributed by atoms with Gasteiger partial charge in [-0.05, 0) is 25.0 Å². The first-order valence-electron chi connectivity index (χ1n) is 10.6. The fourth-order valence-corrected chi connectivity index (χ4v) is 3.69. The zero-order valence-corrected chi connectivity index (χ0v) is 18.2. The number of amides is 1. The molecule has 1 aromatic carbocycles. The maximum Gasteiger partial charge on any atom is 0.341 e. The number of aliphatic hydroxyl groups is 1. The Morgan fingerprint density at radius 2 is 1.91 bits per heavy atom. The molecular formula is C23H28N2O7. The van der Waals surface area contributed by atoms with E-state index in [-0.39, 0.29) is 25.6 Å². The van der Waals surface area contributed by atoms with Gasteiger partial charge in [0.1, 0.15) is 12.0 Å². The van der Waals surface area contributed by atoms with Gasteiger partial charge in [-0.1, -0.05) is 26.0 Å². The summed E-state index contributed by atoms with van der Waals surface area (Å²) in [5.74, 6) is -4.08. The van der Waals surface area contributed by atoms with Crippen LogP contribution in [0.2, 0.25) is 0 Å². The van der Waals surface area contributed by atoms with Crippen LogP contribution in [0.1, 0.15) is 32.3 Å². The summed E-state index contributed by atoms with van der Waals surface area (Å²) in [6, 6.07) is 5.08. The van der Waals surface area contributed by atoms with Gasteiger partial charge in [0.15, 0.2) is 0 Å². The molecule has 2 heterocycles. The Morgan fingerprint density at radius 3 is 2.47 bits per heavy atom. The molecule has 0 saturated heterocycles. The van der Waals surface area contributed by atoms with Crippen molar-refractivity contribution in [3.8, 4) is 5.75 Å². The van der Waals surface area contributed by atoms with E-state index in [1.165, 1.54) is 11.0 Å². The van der Waals surface area contributed by atoms with Gasteiger partial charge in [-0.15, -0.1) is 6.58 Å². The van der Waals surface area contributed by atoms with Crippen LogP contribution in [0.3, 0.4) is 0 Å². The molecule has 0 bridgehead atoms. The fourth-order valence-electron chi connectivity index (χ4n) is 3.69. The SMILES string of the molecule is C=CCN1C(=O)C2(Cc3c(OC(CC)NC(CC)CO)cccc31)OC(=O)C=CC(=O)O2. The minimum absolute atomic E-state index is 0.0348. The third-order valence-electron chi connectivity index (χ3n) is 5.35. The predicted octanol–water partition coefficient (Wildman–Crippen LogP) is 1.59. The molecule has 0 aromatic heterocycles. The number of nitrogens with one attached hydrogen (secondary N) is 1. The predicted molar refractivity (Wildman–Crippen MR) is 116 cm³/mol. The van der Waals surface area contributed by atoms with Gasteiger partial charge < -0.3 is 24.2 Å². The summed E-state index contributed by atoms with van der Waals surface area (Å²) in [6.07, 6.45) is 4.09. The molecule has 0 fully saturated rings. The van der Waals surface area contributed by atoms with Crippen LogP contribution < -0.4 is 15.0 Å². The fraction of sp³-hybridized carbons (Fsp3) is 0.435. The summed E-state index contributed by atoms with van der Waals surface area (Å²) < 4.78 is 16.9. The number of fused-ring (bicyclic) bond motifs is 1. The molecule has 2 N–H and O–H groups in total. The zero-order chi connectivity index (χ0) is 23.3. The van der Waals surface area contributed by atoms with Crippen molar-refractivity contribution < 1.29 is 33.7 Å². The maximum absolute atomic E-state index is 13.3. The highest BCUT2D eigenvalue weighted by molar-refractivity contribution is 6.06. The topological polar surface area (TPSA) is 114 Å². The third kappa shape index (κ3) is 4.68. The molecule has 32 heavy (non-hydrogen) atoms. The lowest BCUT2D eigenvalue weighted by atomic mass is 9.94. The van der Waals surface area contributed by atoms with E-state index in [1.54, 1.807) is 18.2 Å². The van der Waals surface area contributed by atoms with Gasteiger partial charge in [-0.2, -0.15) is 0 Å². The highest BCUT2D eigenvalue weighted by Gasteiger charge is 2.54. The molecule has 2 atom stereocenters. The molecule has 9 nitrogen and oxygen atoms in total. The van der Waals surface area contributed by atoms with Gasteiger partial charge in [0.2, 0.25) is 0 Å². The number of aliphatic hydroxyl groups excluding tert-OH is 1. The summed E-state index contributed by atoms with van der Waals surface area (Å²) in [4.78, 5) is 38.9. The molecule has 1 aromatic rings. The van der Waals surface area contributed by atoms with E-state index in [4.69, 9.17) is 14.2 Å². The van der Waals surface area contributed by atoms with Crippen LogP contribution >= 0.6 is 0 Å². The van der Waals surface area contributed by atoms with Gasteiger partial charge >= 0.3 is 23.6 Å². The van der Waals surface area contributed by atoms with E-state index in [0.717, 1.165) is 12.2 Å². The van der Waals surface area contributed by atoms with Gasteiger partial charge in [0, 0.05) is 30.3 Å². The summed E-state index contributed by atoms with van der Waals surface area (Å²) in [5.41, 5.74) is 1.10. The monoisotopic (exact) mass is 444 g/mol. The number of carbonyl (C=O) groups is 3. The number of anilines is 1. The Kier molecular flexibility index (Phi) is 7.32. The van der Waals surface area contributed by atoms with Crippen LogP contribution in [0.5, 0.6) is 5.75 Å². The molecule has 3 rings (SSSR count). The van der Waals surface area contributed by atoms with Gasteiger partial charge in [0.05, 0.1) is 18.7 Å². The van der Waals surface area contributed by atoms with E-state index in [9.17, 15) is 19.5 Å². The highest BCUT2D eigenvalue weighted by atomic mass is 16.7. The molecule has 2 aliphatic heterocycles. The average molecular weight is 444 g/mol. The van der Waals surface area contributed by atoms with Crippen LogP contribution in [0.4, 0.5) is 5.69 Å². The van der Waals surface area contributed by atoms with E-state index in [1.807, 2.05) is 13.8 Å². The van der Waals surface area contributed by atoms with Crippen LogP contribution in [-0.4, -0.2) is 54.2 Å². The Morgan fingerprint density at radius 1 is 1.22 bits per heavy atom. The highest BCUT2D eigenvalue weighted by Crippen LogP contribution is 2.41. The van der Waals surface area contributed by atoms with Crippen molar-refractivity contribution in [2.45, 2.75) is 51.2 Å². The molecule has 2 aliphatic rings. The quantitative estimate of drug-likeness (QED) is 0.335. The smallest absolute Gasteiger partial charge is 0.341 e. The molecule has 9 heteroatoms. The number of carbonyl (C=O) groups excluding carboxylic acids is 3. The lowest BCUT2D eigenvalue weighted by Crippen LogP contribution is -2.58. The lowest BCUT2D eigenvalue weighted by Gasteiger charge is -2.40. The first kappa shape index (κ1) is 23.5. The van der Waals surface area contributed by atoms with Crippen molar-refractivity contribution in [1.82, 2.24) is 5.32 Å². The number of benzene rings is 1. The van der Waals surface area contributed by atoms with Crippen LogP contribution in [-0.2, 0) is 30.3 Å². The number of rotatable bonds is 9. The Bertz CT molecular complexity index is 903. The Hall–Kier alpha value is -3.17. The summed E-state index contributed by atoms with van der Waals surface area (Å²) >= 11 is 0. The van der Waals surface area contributed by atoms with Crippen molar-refractivity contribution >= 4 is 23.5 Å². The number of nitrogens with zero attached hydrogens (tertiary/aromatic N) is 1. The largest absolute Gasteiger partial charge is 0.475 e. The molecule has 172 valence electrons. The Balaban J connectivity index is 2.02. The van der Waals surface area contributed by atoms with E-state index >= 15 is 0 Å². The summed E-state index contributed by atoms with van der Waals surface area (Å²) in [7, 11) is 0. The van der Waals surface area contributed by atoms with E-state index in [2.05, 4.69) is 11.9 Å². The maximum atomic E-state index is 13.3. The van der Waals surface area contributed by atoms with E-state index < -0.39 is 29.9 Å². The molecule has 0 saturated carbocycles. The summed E-state index contributed by atoms with van der Waals surface area (Å²) in [5, 5.41) is 12.8. The normalized spacial score (nSPS) is 19.0. The second kappa shape index (κ2) is 9.97. The van der Waals surface area contributed by atoms with Crippen molar-refractivity contribution in [3.05, 3.63) is 48.6 Å². The number of hydrogen-bond acceptors (Lipinski definition) is 8.